The van der Waals surface area contributed by atoms with Crippen molar-refractivity contribution in [2.45, 2.75) is 19.4 Å². The van der Waals surface area contributed by atoms with Crippen molar-refractivity contribution >= 4 is 11.5 Å². The number of nitrogens with one attached hydrogen (secondary N) is 1. The molecule has 0 aliphatic heterocycles. The molecule has 7 nitrogen and oxygen atoms in total. The van der Waals surface area contributed by atoms with E-state index in [1.54, 1.807) is 14.2 Å². The average molecular weight is 228 g/mol. The number of anilines is 1. The Balaban J connectivity index is 2.68. The Labute approximate surface area is 93.5 Å². The van der Waals surface area contributed by atoms with Gasteiger partial charge in [-0.2, -0.15) is 0 Å². The molecule has 0 saturated carbocycles. The lowest BCUT2D eigenvalue weighted by atomic mass is 10.2. The van der Waals surface area contributed by atoms with Gasteiger partial charge in [-0.05, 0) is 13.3 Å². The Morgan fingerprint density at radius 1 is 1.75 bits per heavy atom. The van der Waals surface area contributed by atoms with Crippen LogP contribution in [0.5, 0.6) is 0 Å². The van der Waals surface area contributed by atoms with E-state index in [0.29, 0.717) is 12.4 Å². The maximum atomic E-state index is 10.7. The predicted octanol–water partition coefficient (Wildman–Crippen LogP) is 1.17. The van der Waals surface area contributed by atoms with Crippen LogP contribution in [0.15, 0.2) is 6.20 Å². The number of nitrogens with zero attached hydrogens (tertiary/aromatic N) is 3. The minimum absolute atomic E-state index is 0.00762. The summed E-state index contributed by atoms with van der Waals surface area (Å²) in [4.78, 5) is 10.3. The number of aromatic nitrogens is 2. The Hall–Kier alpha value is -1.63. The number of aryl methyl sites for hydroxylation is 1. The summed E-state index contributed by atoms with van der Waals surface area (Å²) < 4.78 is 6.35. The number of rotatable bonds is 6. The molecule has 0 amide bonds. The molecule has 1 atom stereocenters. The third-order valence-corrected chi connectivity index (χ3v) is 2.14. The smallest absolute Gasteiger partial charge is 0.330 e. The maximum Gasteiger partial charge on any atom is 0.330 e. The average Bonchev–Trinajstić information content (AvgIpc) is 2.56. The normalized spacial score (nSPS) is 12.4. The van der Waals surface area contributed by atoms with Crippen LogP contribution in [0.3, 0.4) is 0 Å². The SMILES string of the molecule is COCCC(C)Nc1nn(C)cc1[N+](=O)[O-]. The van der Waals surface area contributed by atoms with Gasteiger partial charge in [0, 0.05) is 26.8 Å². The van der Waals surface area contributed by atoms with Crippen molar-refractivity contribution in [3.8, 4) is 0 Å². The van der Waals surface area contributed by atoms with Crippen LogP contribution in [0.2, 0.25) is 0 Å². The second kappa shape index (κ2) is 5.45. The van der Waals surface area contributed by atoms with Gasteiger partial charge in [0.15, 0.2) is 0 Å². The summed E-state index contributed by atoms with van der Waals surface area (Å²) in [5.41, 5.74) is -0.00762. The first-order chi connectivity index (χ1) is 7.54. The number of hydrogen-bond donors (Lipinski definition) is 1. The number of hydrogen-bond acceptors (Lipinski definition) is 5. The van der Waals surface area contributed by atoms with Crippen molar-refractivity contribution in [1.82, 2.24) is 9.78 Å². The largest absolute Gasteiger partial charge is 0.385 e. The second-order valence-electron chi connectivity index (χ2n) is 3.62. The highest BCUT2D eigenvalue weighted by Crippen LogP contribution is 2.22. The lowest BCUT2D eigenvalue weighted by Gasteiger charge is -2.11. The van der Waals surface area contributed by atoms with E-state index < -0.39 is 4.92 Å². The Bertz CT molecular complexity index is 364. The summed E-state index contributed by atoms with van der Waals surface area (Å²) in [6.07, 6.45) is 2.15. The van der Waals surface area contributed by atoms with Crippen LogP contribution in [-0.2, 0) is 11.8 Å². The molecule has 1 heterocycles. The van der Waals surface area contributed by atoms with Gasteiger partial charge in [-0.15, -0.1) is 5.10 Å². The predicted molar refractivity (Wildman–Crippen MR) is 59.4 cm³/mol. The molecule has 0 saturated heterocycles. The van der Waals surface area contributed by atoms with Gasteiger partial charge < -0.3 is 10.1 Å². The molecule has 7 heteroatoms. The molecule has 0 spiro atoms. The first-order valence-corrected chi connectivity index (χ1v) is 4.98. The summed E-state index contributed by atoms with van der Waals surface area (Å²) in [5.74, 6) is 0.302. The van der Waals surface area contributed by atoms with Gasteiger partial charge in [0.25, 0.3) is 0 Å². The Morgan fingerprint density at radius 3 is 3.00 bits per heavy atom. The van der Waals surface area contributed by atoms with Crippen molar-refractivity contribution in [3.63, 3.8) is 0 Å². The second-order valence-corrected chi connectivity index (χ2v) is 3.62. The topological polar surface area (TPSA) is 82.2 Å². The van der Waals surface area contributed by atoms with E-state index in [0.717, 1.165) is 6.42 Å². The molecule has 1 N–H and O–H groups in total. The molecule has 0 radical (unpaired) electrons. The van der Waals surface area contributed by atoms with E-state index in [4.69, 9.17) is 4.74 Å². The van der Waals surface area contributed by atoms with Crippen molar-refractivity contribution in [2.24, 2.45) is 7.05 Å². The van der Waals surface area contributed by atoms with E-state index in [9.17, 15) is 10.1 Å². The van der Waals surface area contributed by atoms with Gasteiger partial charge in [0.1, 0.15) is 6.20 Å². The van der Waals surface area contributed by atoms with Crippen molar-refractivity contribution < 1.29 is 9.66 Å². The van der Waals surface area contributed by atoms with Crippen LogP contribution < -0.4 is 5.32 Å². The highest BCUT2D eigenvalue weighted by molar-refractivity contribution is 5.54. The third kappa shape index (κ3) is 3.20. The highest BCUT2D eigenvalue weighted by atomic mass is 16.6. The Morgan fingerprint density at radius 2 is 2.44 bits per heavy atom. The van der Waals surface area contributed by atoms with E-state index in [2.05, 4.69) is 10.4 Å². The number of methoxy groups -OCH3 is 1. The van der Waals surface area contributed by atoms with Gasteiger partial charge in [0.05, 0.1) is 4.92 Å². The van der Waals surface area contributed by atoms with E-state index in [-0.39, 0.29) is 11.7 Å². The molecule has 90 valence electrons. The molecule has 1 rings (SSSR count). The van der Waals surface area contributed by atoms with Crippen LogP contribution in [0.1, 0.15) is 13.3 Å². The molecule has 1 unspecified atom stereocenters. The zero-order valence-corrected chi connectivity index (χ0v) is 9.64. The minimum Gasteiger partial charge on any atom is -0.385 e. The monoisotopic (exact) mass is 228 g/mol. The van der Waals surface area contributed by atoms with E-state index >= 15 is 0 Å². The minimum atomic E-state index is -0.446. The fourth-order valence-electron chi connectivity index (χ4n) is 1.31. The fourth-order valence-corrected chi connectivity index (χ4v) is 1.31. The molecular weight excluding hydrogens is 212 g/mol. The molecule has 0 fully saturated rings. The molecule has 0 aliphatic rings. The quantitative estimate of drug-likeness (QED) is 0.583. The van der Waals surface area contributed by atoms with Gasteiger partial charge in [-0.1, -0.05) is 0 Å². The highest BCUT2D eigenvalue weighted by Gasteiger charge is 2.19. The van der Waals surface area contributed by atoms with Crippen LogP contribution >= 0.6 is 0 Å². The molecule has 16 heavy (non-hydrogen) atoms. The first-order valence-electron chi connectivity index (χ1n) is 4.98. The summed E-state index contributed by atoms with van der Waals surface area (Å²) >= 11 is 0. The molecule has 1 aromatic heterocycles. The lowest BCUT2D eigenvalue weighted by Crippen LogP contribution is -2.18. The van der Waals surface area contributed by atoms with E-state index in [1.165, 1.54) is 10.9 Å². The van der Waals surface area contributed by atoms with Crippen molar-refractivity contribution in [2.75, 3.05) is 19.0 Å². The summed E-state index contributed by atoms with van der Waals surface area (Å²) in [6, 6.07) is 0.0774. The van der Waals surface area contributed by atoms with Gasteiger partial charge >= 0.3 is 5.69 Å². The maximum absolute atomic E-state index is 10.7. The molecule has 1 aromatic rings. The zero-order chi connectivity index (χ0) is 12.1. The summed E-state index contributed by atoms with van der Waals surface area (Å²) in [6.45, 7) is 2.53. The van der Waals surface area contributed by atoms with Gasteiger partial charge in [-0.25, -0.2) is 0 Å². The molecule has 0 aliphatic carbocycles. The summed E-state index contributed by atoms with van der Waals surface area (Å²) in [5, 5.41) is 17.7. The van der Waals surface area contributed by atoms with Gasteiger partial charge in [0.2, 0.25) is 5.82 Å². The van der Waals surface area contributed by atoms with E-state index in [1.807, 2.05) is 6.92 Å². The van der Waals surface area contributed by atoms with Crippen LogP contribution in [-0.4, -0.2) is 34.5 Å². The van der Waals surface area contributed by atoms with Crippen LogP contribution in [0.25, 0.3) is 0 Å². The molecule has 0 aromatic carbocycles. The lowest BCUT2D eigenvalue weighted by molar-refractivity contribution is -0.384. The molecular formula is C9H16N4O3. The van der Waals surface area contributed by atoms with Crippen molar-refractivity contribution in [1.29, 1.82) is 0 Å². The number of nitro groups is 1. The first kappa shape index (κ1) is 12.4. The van der Waals surface area contributed by atoms with Crippen LogP contribution in [0.4, 0.5) is 11.5 Å². The van der Waals surface area contributed by atoms with Crippen LogP contribution in [0, 0.1) is 10.1 Å². The zero-order valence-electron chi connectivity index (χ0n) is 9.64. The molecule has 0 bridgehead atoms. The third-order valence-electron chi connectivity index (χ3n) is 2.14. The van der Waals surface area contributed by atoms with Crippen molar-refractivity contribution in [3.05, 3.63) is 16.3 Å². The van der Waals surface area contributed by atoms with Gasteiger partial charge in [-0.3, -0.25) is 14.8 Å². The Kier molecular flexibility index (Phi) is 4.24. The standard InChI is InChI=1S/C9H16N4O3/c1-7(4-5-16-3)10-9-8(13(14)15)6-12(2)11-9/h6-7H,4-5H2,1-3H3,(H,10,11). The number of ether oxygens (including phenoxy) is 1. The summed E-state index contributed by atoms with van der Waals surface area (Å²) in [7, 11) is 3.27. The fraction of sp³-hybridized carbons (Fsp3) is 0.667.